The largest absolute Gasteiger partial charge is 0.715 e. The maximum Gasteiger partial charge on any atom is 0.715 e. The topological polar surface area (TPSA) is 24.5 Å². The van der Waals surface area contributed by atoms with E-state index in [4.69, 9.17) is 9.47 Å². The second-order valence-electron chi connectivity index (χ2n) is 14.8. The Balaban J connectivity index is 1.55. The molecule has 0 amide bonds. The number of hydrogen-bond acceptors (Lipinski definition) is 2. The molecular formula is C39H50N2O2+2. The summed E-state index contributed by atoms with van der Waals surface area (Å²) in [6.45, 7) is 18.2. The summed E-state index contributed by atoms with van der Waals surface area (Å²) in [6, 6.07) is 16.8. The van der Waals surface area contributed by atoms with Crippen molar-refractivity contribution in [3.8, 4) is 11.5 Å². The van der Waals surface area contributed by atoms with E-state index in [0.29, 0.717) is 0 Å². The Morgan fingerprint density at radius 3 is 1.40 bits per heavy atom. The van der Waals surface area contributed by atoms with Gasteiger partial charge in [0.15, 0.2) is 23.9 Å². The average molecular weight is 579 g/mol. The van der Waals surface area contributed by atoms with Gasteiger partial charge in [0.2, 0.25) is 0 Å². The van der Waals surface area contributed by atoms with Crippen LogP contribution in [0, 0.1) is 0 Å². The van der Waals surface area contributed by atoms with Crippen molar-refractivity contribution in [2.75, 3.05) is 0 Å². The fourth-order valence-corrected chi connectivity index (χ4v) is 6.76. The van der Waals surface area contributed by atoms with Crippen molar-refractivity contribution >= 4 is 23.8 Å². The summed E-state index contributed by atoms with van der Waals surface area (Å²) in [5.41, 5.74) is 9.47. The minimum Gasteiger partial charge on any atom is -0.339 e. The van der Waals surface area contributed by atoms with Crippen LogP contribution in [-0.4, -0.2) is 27.6 Å². The SMILES string of the molecule is CCCCCc1cc2c(c(C(C)(C)C)c1)OC13Oc4c(cc(CCCCC)cc4C(C)(C)C)C=[N+]1c1ccccc1[N+]3=C2. The molecule has 0 radical (unpaired) electrons. The van der Waals surface area contributed by atoms with Crippen molar-refractivity contribution in [1.29, 1.82) is 0 Å². The van der Waals surface area contributed by atoms with Gasteiger partial charge in [-0.3, -0.25) is 0 Å². The molecule has 4 nitrogen and oxygen atoms in total. The summed E-state index contributed by atoms with van der Waals surface area (Å²) in [5.74, 6) is 1.84. The molecule has 3 aromatic carbocycles. The number of benzene rings is 3. The number of para-hydroxylation sites is 2. The molecule has 0 N–H and O–H groups in total. The van der Waals surface area contributed by atoms with E-state index in [-0.39, 0.29) is 10.8 Å². The van der Waals surface area contributed by atoms with Gasteiger partial charge in [-0.15, -0.1) is 0 Å². The predicted octanol–water partition coefficient (Wildman–Crippen LogP) is 9.68. The normalized spacial score (nSPS) is 16.1. The lowest BCUT2D eigenvalue weighted by Gasteiger charge is -2.33. The summed E-state index contributed by atoms with van der Waals surface area (Å²) in [6.07, 6.45) is 14.1. The van der Waals surface area contributed by atoms with E-state index in [1.807, 2.05) is 0 Å². The van der Waals surface area contributed by atoms with Crippen molar-refractivity contribution in [3.63, 3.8) is 0 Å². The first kappa shape index (κ1) is 29.7. The molecule has 3 aromatic rings. The average Bonchev–Trinajstić information content (AvgIpc) is 3.22. The van der Waals surface area contributed by atoms with E-state index in [9.17, 15) is 0 Å². The van der Waals surface area contributed by atoms with Crippen LogP contribution in [0.5, 0.6) is 11.5 Å². The summed E-state index contributed by atoms with van der Waals surface area (Å²) in [5, 5.41) is 0. The molecule has 3 aliphatic heterocycles. The van der Waals surface area contributed by atoms with Crippen molar-refractivity contribution in [1.82, 2.24) is 0 Å². The molecule has 0 bridgehead atoms. The maximum atomic E-state index is 7.27. The Morgan fingerprint density at radius 1 is 0.605 bits per heavy atom. The van der Waals surface area contributed by atoms with Crippen LogP contribution in [0.1, 0.15) is 127 Å². The first-order chi connectivity index (χ1) is 20.5. The lowest BCUT2D eigenvalue weighted by Crippen LogP contribution is -2.59. The van der Waals surface area contributed by atoms with Gasteiger partial charge in [-0.25, -0.2) is 0 Å². The van der Waals surface area contributed by atoms with E-state index in [0.717, 1.165) is 46.8 Å². The molecule has 226 valence electrons. The lowest BCUT2D eigenvalue weighted by molar-refractivity contribution is -0.831. The van der Waals surface area contributed by atoms with Crippen molar-refractivity contribution in [3.05, 3.63) is 81.9 Å². The molecule has 3 aliphatic rings. The van der Waals surface area contributed by atoms with Gasteiger partial charge in [0, 0.05) is 23.3 Å². The Hall–Kier alpha value is -3.40. The molecule has 3 heterocycles. The molecule has 0 saturated heterocycles. The van der Waals surface area contributed by atoms with E-state index >= 15 is 0 Å². The highest BCUT2D eigenvalue weighted by Gasteiger charge is 2.73. The smallest absolute Gasteiger partial charge is 0.339 e. The number of rotatable bonds is 8. The minimum atomic E-state index is -1.17. The molecule has 43 heavy (non-hydrogen) atoms. The zero-order valence-corrected chi connectivity index (χ0v) is 27.6. The Labute approximate surface area is 259 Å². The van der Waals surface area contributed by atoms with Crippen molar-refractivity contribution < 1.29 is 18.6 Å². The van der Waals surface area contributed by atoms with E-state index < -0.39 is 6.03 Å². The fraction of sp³-hybridized carbons (Fsp3) is 0.487. The Kier molecular flexibility index (Phi) is 7.55. The summed E-state index contributed by atoms with van der Waals surface area (Å²) < 4.78 is 19.0. The number of fused-ring (bicyclic) bond motifs is 5. The van der Waals surface area contributed by atoms with Gasteiger partial charge in [0.25, 0.3) is 11.4 Å². The van der Waals surface area contributed by atoms with Crippen LogP contribution in [-0.2, 0) is 23.7 Å². The second-order valence-corrected chi connectivity index (χ2v) is 14.8. The van der Waals surface area contributed by atoms with Gasteiger partial charge in [-0.05, 0) is 68.9 Å². The Morgan fingerprint density at radius 2 is 1.02 bits per heavy atom. The van der Waals surface area contributed by atoms with E-state index in [1.165, 1.54) is 60.8 Å². The number of unbranched alkanes of at least 4 members (excludes halogenated alkanes) is 4. The first-order valence-electron chi connectivity index (χ1n) is 16.6. The summed E-state index contributed by atoms with van der Waals surface area (Å²) in [7, 11) is 0. The number of ether oxygens (including phenoxy) is 2. The third kappa shape index (κ3) is 5.21. The highest BCUT2D eigenvalue weighted by Crippen LogP contribution is 2.51. The van der Waals surface area contributed by atoms with E-state index in [1.54, 1.807) is 0 Å². The second kappa shape index (κ2) is 10.9. The molecule has 0 fully saturated rings. The standard InChI is InChI=1S/C39H50N2O2/c1-9-11-13-17-27-21-29-25-40-33-19-15-16-20-34(33)41-26-30-22-28(18-14-12-10-2)24-32(38(6,7)8)36(30)43-39(40,41)42-35(29)31(23-27)37(3,4)5/h15-16,19-26H,9-14,17-18H2,1-8H3/q+2. The molecule has 0 atom stereocenters. The van der Waals surface area contributed by atoms with Crippen LogP contribution in [0.2, 0.25) is 0 Å². The zero-order valence-electron chi connectivity index (χ0n) is 27.6. The fourth-order valence-electron chi connectivity index (χ4n) is 6.76. The van der Waals surface area contributed by atoms with Gasteiger partial charge in [-0.1, -0.05) is 105 Å². The van der Waals surface area contributed by atoms with Crippen LogP contribution in [0.25, 0.3) is 0 Å². The molecular weight excluding hydrogens is 528 g/mol. The summed E-state index contributed by atoms with van der Waals surface area (Å²) in [4.78, 5) is 0. The number of nitrogens with zero attached hydrogens (tertiary/aromatic N) is 2. The molecule has 1 spiro atoms. The van der Waals surface area contributed by atoms with Gasteiger partial charge < -0.3 is 9.47 Å². The molecule has 6 rings (SSSR count). The van der Waals surface area contributed by atoms with Crippen LogP contribution in [0.15, 0.2) is 48.5 Å². The maximum absolute atomic E-state index is 7.27. The van der Waals surface area contributed by atoms with E-state index in [2.05, 4.69) is 126 Å². The highest BCUT2D eigenvalue weighted by atomic mass is 16.7. The zero-order chi connectivity index (χ0) is 30.6. The molecule has 4 heteroatoms. The summed E-state index contributed by atoms with van der Waals surface area (Å²) >= 11 is 0. The first-order valence-corrected chi connectivity index (χ1v) is 16.6. The van der Waals surface area contributed by atoms with Crippen molar-refractivity contribution in [2.45, 2.75) is 124 Å². The van der Waals surface area contributed by atoms with Gasteiger partial charge in [0.1, 0.15) is 0 Å². The van der Waals surface area contributed by atoms with Crippen LogP contribution in [0.4, 0.5) is 11.4 Å². The lowest BCUT2D eigenvalue weighted by atomic mass is 9.83. The van der Waals surface area contributed by atoms with Crippen LogP contribution >= 0.6 is 0 Å². The molecule has 0 saturated carbocycles. The van der Waals surface area contributed by atoms with Crippen molar-refractivity contribution in [2.24, 2.45) is 0 Å². The quantitative estimate of drug-likeness (QED) is 0.196. The third-order valence-electron chi connectivity index (χ3n) is 9.12. The monoisotopic (exact) mass is 578 g/mol. The van der Waals surface area contributed by atoms with Gasteiger partial charge in [-0.2, -0.15) is 0 Å². The molecule has 0 aromatic heterocycles. The molecule has 0 unspecified atom stereocenters. The predicted molar refractivity (Wildman–Crippen MR) is 177 cm³/mol. The minimum absolute atomic E-state index is 0.0893. The van der Waals surface area contributed by atoms with Crippen LogP contribution < -0.4 is 9.47 Å². The number of aryl methyl sites for hydroxylation is 2. The van der Waals surface area contributed by atoms with Gasteiger partial charge in [0.05, 0.1) is 11.1 Å². The third-order valence-corrected chi connectivity index (χ3v) is 9.12. The van der Waals surface area contributed by atoms with Gasteiger partial charge >= 0.3 is 6.03 Å². The Bertz CT molecular complexity index is 1490. The van der Waals surface area contributed by atoms with Crippen LogP contribution in [0.3, 0.4) is 0 Å². The number of hydrogen-bond donors (Lipinski definition) is 0. The molecule has 0 aliphatic carbocycles. The highest BCUT2D eigenvalue weighted by molar-refractivity contribution is 5.87.